The summed E-state index contributed by atoms with van der Waals surface area (Å²) in [6.45, 7) is 0.887. The molecule has 0 aliphatic carbocycles. The number of ether oxygens (including phenoxy) is 1. The third kappa shape index (κ3) is 7.08. The SMILES string of the molecule is O=C(NC(CCOC[C@@H](O)CCc1ccc2c(n1)NCCC2)C(=O)O)c1c(F)cncc1Cl. The lowest BCUT2D eigenvalue weighted by molar-refractivity contribution is -0.139. The lowest BCUT2D eigenvalue weighted by Gasteiger charge is -2.18. The molecule has 11 heteroatoms. The van der Waals surface area contributed by atoms with E-state index in [9.17, 15) is 24.2 Å². The Morgan fingerprint density at radius 3 is 2.88 bits per heavy atom. The zero-order valence-electron chi connectivity index (χ0n) is 17.9. The van der Waals surface area contributed by atoms with Crippen molar-refractivity contribution >= 4 is 29.3 Å². The summed E-state index contributed by atoms with van der Waals surface area (Å²) in [7, 11) is 0. The van der Waals surface area contributed by atoms with E-state index in [2.05, 4.69) is 26.7 Å². The number of carbonyl (C=O) groups is 2. The Hall–Kier alpha value is -2.82. The van der Waals surface area contributed by atoms with Gasteiger partial charge in [0.15, 0.2) is 5.82 Å². The molecular formula is C22H26ClFN4O5. The molecule has 1 unspecified atom stereocenters. The number of nitrogens with one attached hydrogen (secondary N) is 2. The largest absolute Gasteiger partial charge is 0.480 e. The standard InChI is InChI=1S/C22H26ClFN4O5/c23-16-10-25-11-17(24)19(16)21(30)28-18(22(31)32)7-9-33-12-15(29)6-5-14-4-3-13-2-1-8-26-20(13)27-14/h3-4,10-11,15,18,29H,1-2,5-9,12H2,(H,26,27)(H,28,30)(H,31,32)/t15-,18?/m0/s1. The van der Waals surface area contributed by atoms with E-state index < -0.39 is 35.4 Å². The molecule has 2 atom stereocenters. The minimum absolute atomic E-state index is 0.00822. The molecule has 9 nitrogen and oxygen atoms in total. The summed E-state index contributed by atoms with van der Waals surface area (Å²) in [5.74, 6) is -2.31. The van der Waals surface area contributed by atoms with E-state index in [0.29, 0.717) is 12.8 Å². The molecule has 2 aromatic rings. The van der Waals surface area contributed by atoms with E-state index in [0.717, 1.165) is 43.3 Å². The van der Waals surface area contributed by atoms with Crippen molar-refractivity contribution in [3.63, 3.8) is 0 Å². The number of hydrogen-bond donors (Lipinski definition) is 4. The first-order chi connectivity index (χ1) is 15.8. The molecule has 3 heterocycles. The molecule has 0 saturated carbocycles. The number of carboxylic acid groups (broad SMARTS) is 1. The van der Waals surface area contributed by atoms with Crippen LogP contribution in [0.3, 0.4) is 0 Å². The second-order valence-corrected chi connectivity index (χ2v) is 8.15. The number of carbonyl (C=O) groups excluding carboxylic acids is 1. The number of aryl methyl sites for hydroxylation is 2. The number of nitrogens with zero attached hydrogens (tertiary/aromatic N) is 2. The normalized spacial score (nSPS) is 14.6. The molecule has 2 aromatic heterocycles. The number of hydrogen-bond acceptors (Lipinski definition) is 7. The molecule has 0 radical (unpaired) electrons. The molecule has 1 amide bonds. The van der Waals surface area contributed by atoms with Gasteiger partial charge in [0.1, 0.15) is 11.9 Å². The average molecular weight is 481 g/mol. The monoisotopic (exact) mass is 480 g/mol. The highest BCUT2D eigenvalue weighted by Gasteiger charge is 2.24. The zero-order valence-corrected chi connectivity index (χ0v) is 18.6. The Balaban J connectivity index is 1.40. The van der Waals surface area contributed by atoms with Gasteiger partial charge in [-0.15, -0.1) is 0 Å². The van der Waals surface area contributed by atoms with E-state index in [4.69, 9.17) is 16.3 Å². The molecule has 178 valence electrons. The molecule has 1 aliphatic heterocycles. The van der Waals surface area contributed by atoms with Crippen LogP contribution >= 0.6 is 11.6 Å². The van der Waals surface area contributed by atoms with Gasteiger partial charge in [-0.3, -0.25) is 9.78 Å². The van der Waals surface area contributed by atoms with Crippen molar-refractivity contribution in [2.75, 3.05) is 25.1 Å². The molecule has 1 aliphatic rings. The van der Waals surface area contributed by atoms with Crippen LogP contribution in [0, 0.1) is 5.82 Å². The molecule has 0 spiro atoms. The van der Waals surface area contributed by atoms with Crippen LogP contribution in [0.4, 0.5) is 10.2 Å². The third-order valence-electron chi connectivity index (χ3n) is 5.23. The maximum Gasteiger partial charge on any atom is 0.326 e. The first-order valence-corrected chi connectivity index (χ1v) is 11.0. The molecule has 0 aromatic carbocycles. The Kier molecular flexibility index (Phi) is 8.93. The number of anilines is 1. The van der Waals surface area contributed by atoms with Gasteiger partial charge in [-0.25, -0.2) is 14.2 Å². The molecule has 0 saturated heterocycles. The molecule has 0 fully saturated rings. The zero-order chi connectivity index (χ0) is 23.8. The van der Waals surface area contributed by atoms with E-state index in [1.807, 2.05) is 6.07 Å². The van der Waals surface area contributed by atoms with Gasteiger partial charge in [-0.05, 0) is 37.3 Å². The highest BCUT2D eigenvalue weighted by atomic mass is 35.5. The number of amides is 1. The van der Waals surface area contributed by atoms with Crippen molar-refractivity contribution in [1.82, 2.24) is 15.3 Å². The van der Waals surface area contributed by atoms with Gasteiger partial charge in [-0.1, -0.05) is 17.7 Å². The summed E-state index contributed by atoms with van der Waals surface area (Å²) >= 11 is 5.79. The summed E-state index contributed by atoms with van der Waals surface area (Å²) in [4.78, 5) is 31.8. The van der Waals surface area contributed by atoms with Crippen LogP contribution in [0.15, 0.2) is 24.5 Å². The van der Waals surface area contributed by atoms with Crippen molar-refractivity contribution in [3.05, 3.63) is 52.2 Å². The fourth-order valence-corrected chi connectivity index (χ4v) is 3.67. The quantitative estimate of drug-likeness (QED) is 0.360. The highest BCUT2D eigenvalue weighted by molar-refractivity contribution is 6.33. The van der Waals surface area contributed by atoms with Crippen LogP contribution in [0.5, 0.6) is 0 Å². The Morgan fingerprint density at radius 1 is 1.30 bits per heavy atom. The maximum atomic E-state index is 13.8. The predicted octanol–water partition coefficient (Wildman–Crippen LogP) is 2.21. The van der Waals surface area contributed by atoms with E-state index in [1.165, 1.54) is 5.56 Å². The van der Waals surface area contributed by atoms with Gasteiger partial charge in [0.25, 0.3) is 5.91 Å². The Bertz CT molecular complexity index is 973. The van der Waals surface area contributed by atoms with Crippen LogP contribution in [0.25, 0.3) is 0 Å². The van der Waals surface area contributed by atoms with Crippen molar-refractivity contribution in [1.29, 1.82) is 0 Å². The minimum Gasteiger partial charge on any atom is -0.480 e. The number of aliphatic hydroxyl groups excluding tert-OH is 1. The van der Waals surface area contributed by atoms with Crippen molar-refractivity contribution in [3.8, 4) is 0 Å². The second-order valence-electron chi connectivity index (χ2n) is 7.74. The first-order valence-electron chi connectivity index (χ1n) is 10.7. The smallest absolute Gasteiger partial charge is 0.326 e. The molecule has 4 N–H and O–H groups in total. The number of aromatic nitrogens is 2. The van der Waals surface area contributed by atoms with Gasteiger partial charge in [0.2, 0.25) is 0 Å². The van der Waals surface area contributed by atoms with Crippen molar-refractivity contribution < 1.29 is 28.9 Å². The Labute approximate surface area is 195 Å². The highest BCUT2D eigenvalue weighted by Crippen LogP contribution is 2.20. The fraction of sp³-hybridized carbons (Fsp3) is 0.455. The first kappa shape index (κ1) is 24.8. The number of aliphatic carboxylic acids is 1. The maximum absolute atomic E-state index is 13.8. The summed E-state index contributed by atoms with van der Waals surface area (Å²) in [5.41, 5.74) is 1.60. The van der Waals surface area contributed by atoms with E-state index >= 15 is 0 Å². The van der Waals surface area contributed by atoms with E-state index in [-0.39, 0.29) is 24.7 Å². The average Bonchev–Trinajstić information content (AvgIpc) is 2.79. The lowest BCUT2D eigenvalue weighted by atomic mass is 10.1. The fourth-order valence-electron chi connectivity index (χ4n) is 3.44. The summed E-state index contributed by atoms with van der Waals surface area (Å²) in [5, 5.41) is 24.8. The number of aliphatic hydroxyl groups is 1. The van der Waals surface area contributed by atoms with Crippen LogP contribution in [-0.4, -0.2) is 64.0 Å². The predicted molar refractivity (Wildman–Crippen MR) is 119 cm³/mol. The molecular weight excluding hydrogens is 455 g/mol. The number of pyridine rings is 2. The Morgan fingerprint density at radius 2 is 2.12 bits per heavy atom. The summed E-state index contributed by atoms with van der Waals surface area (Å²) in [6.07, 6.45) is 4.19. The second kappa shape index (κ2) is 11.9. The van der Waals surface area contributed by atoms with Gasteiger partial charge in [-0.2, -0.15) is 0 Å². The number of fused-ring (bicyclic) bond motifs is 1. The molecule has 3 rings (SSSR count). The number of rotatable bonds is 11. The van der Waals surface area contributed by atoms with Gasteiger partial charge < -0.3 is 25.6 Å². The number of halogens is 2. The van der Waals surface area contributed by atoms with Crippen LogP contribution < -0.4 is 10.6 Å². The van der Waals surface area contributed by atoms with Gasteiger partial charge >= 0.3 is 5.97 Å². The topological polar surface area (TPSA) is 134 Å². The van der Waals surface area contributed by atoms with Crippen LogP contribution in [0.2, 0.25) is 5.02 Å². The van der Waals surface area contributed by atoms with Gasteiger partial charge in [0, 0.05) is 31.5 Å². The summed E-state index contributed by atoms with van der Waals surface area (Å²) in [6, 6.07) is 2.70. The molecule has 0 bridgehead atoms. The minimum atomic E-state index is -1.31. The van der Waals surface area contributed by atoms with E-state index in [1.54, 1.807) is 0 Å². The lowest BCUT2D eigenvalue weighted by Crippen LogP contribution is -2.42. The molecule has 33 heavy (non-hydrogen) atoms. The van der Waals surface area contributed by atoms with Gasteiger partial charge in [0.05, 0.1) is 29.5 Å². The number of carboxylic acids is 1. The van der Waals surface area contributed by atoms with Crippen molar-refractivity contribution in [2.24, 2.45) is 0 Å². The van der Waals surface area contributed by atoms with Crippen LogP contribution in [-0.2, 0) is 22.4 Å². The van der Waals surface area contributed by atoms with Crippen LogP contribution in [0.1, 0.15) is 40.9 Å². The summed E-state index contributed by atoms with van der Waals surface area (Å²) < 4.78 is 19.2. The van der Waals surface area contributed by atoms with Crippen molar-refractivity contribution in [2.45, 2.75) is 44.2 Å². The third-order valence-corrected chi connectivity index (χ3v) is 5.52.